The van der Waals surface area contributed by atoms with Crippen molar-refractivity contribution in [3.05, 3.63) is 17.8 Å². The second kappa shape index (κ2) is 4.09. The fourth-order valence-corrected chi connectivity index (χ4v) is 1.32. The molecule has 0 atom stereocenters. The molecular weight excluding hydrogens is 190 g/mol. The number of pyridine rings is 1. The lowest BCUT2D eigenvalue weighted by Crippen LogP contribution is -2.08. The molecule has 0 spiro atoms. The van der Waals surface area contributed by atoms with Gasteiger partial charge in [-0.15, -0.1) is 0 Å². The Bertz CT molecular complexity index is 345. The third-order valence-electron chi connectivity index (χ3n) is 2.19. The number of rotatable bonds is 4. The Morgan fingerprint density at radius 2 is 2.07 bits per heavy atom. The van der Waals surface area contributed by atoms with E-state index in [9.17, 15) is 0 Å². The minimum absolute atomic E-state index is 0.159. The standard InChI is InChI=1S/C12H17NO2/c1-8(2)14-12-7-6-11(9(3)13-12)15-10-4-5-10/h6-8,10H,4-5H2,1-3H3. The lowest BCUT2D eigenvalue weighted by molar-refractivity contribution is 0.230. The Morgan fingerprint density at radius 1 is 1.33 bits per heavy atom. The molecule has 1 saturated carbocycles. The van der Waals surface area contributed by atoms with Gasteiger partial charge < -0.3 is 9.47 Å². The molecule has 1 fully saturated rings. The van der Waals surface area contributed by atoms with Gasteiger partial charge >= 0.3 is 0 Å². The molecule has 1 aliphatic carbocycles. The van der Waals surface area contributed by atoms with E-state index in [0.717, 1.165) is 11.4 Å². The summed E-state index contributed by atoms with van der Waals surface area (Å²) < 4.78 is 11.2. The zero-order chi connectivity index (χ0) is 10.8. The minimum atomic E-state index is 0.159. The molecule has 1 aromatic rings. The highest BCUT2D eigenvalue weighted by atomic mass is 16.5. The zero-order valence-corrected chi connectivity index (χ0v) is 9.49. The van der Waals surface area contributed by atoms with Crippen molar-refractivity contribution in [1.29, 1.82) is 0 Å². The van der Waals surface area contributed by atoms with Crippen LogP contribution >= 0.6 is 0 Å². The van der Waals surface area contributed by atoms with Crippen LogP contribution < -0.4 is 9.47 Å². The molecule has 0 aliphatic heterocycles. The molecule has 3 nitrogen and oxygen atoms in total. The van der Waals surface area contributed by atoms with E-state index in [0.29, 0.717) is 12.0 Å². The maximum absolute atomic E-state index is 5.70. The monoisotopic (exact) mass is 207 g/mol. The van der Waals surface area contributed by atoms with Gasteiger partial charge in [0.05, 0.1) is 17.9 Å². The number of aryl methyl sites for hydroxylation is 1. The van der Waals surface area contributed by atoms with Crippen LogP contribution in [0.3, 0.4) is 0 Å². The predicted octanol–water partition coefficient (Wildman–Crippen LogP) is 2.72. The molecule has 15 heavy (non-hydrogen) atoms. The molecule has 0 amide bonds. The van der Waals surface area contributed by atoms with Gasteiger partial charge in [-0.3, -0.25) is 0 Å². The summed E-state index contributed by atoms with van der Waals surface area (Å²) in [5, 5.41) is 0. The maximum atomic E-state index is 5.70. The van der Waals surface area contributed by atoms with E-state index in [1.54, 1.807) is 0 Å². The summed E-state index contributed by atoms with van der Waals surface area (Å²) in [6.07, 6.45) is 2.92. The molecule has 0 radical (unpaired) electrons. The van der Waals surface area contributed by atoms with Crippen LogP contribution in [0.15, 0.2) is 12.1 Å². The van der Waals surface area contributed by atoms with Crippen LogP contribution in [0.1, 0.15) is 32.4 Å². The second-order valence-electron chi connectivity index (χ2n) is 4.22. The van der Waals surface area contributed by atoms with Gasteiger partial charge in [-0.2, -0.15) is 0 Å². The van der Waals surface area contributed by atoms with Crippen molar-refractivity contribution in [3.63, 3.8) is 0 Å². The van der Waals surface area contributed by atoms with Gasteiger partial charge in [0.2, 0.25) is 5.88 Å². The summed E-state index contributed by atoms with van der Waals surface area (Å²) in [6, 6.07) is 3.81. The van der Waals surface area contributed by atoms with Crippen LogP contribution in [0.25, 0.3) is 0 Å². The van der Waals surface area contributed by atoms with Crippen molar-refractivity contribution in [1.82, 2.24) is 4.98 Å². The number of nitrogens with zero attached hydrogens (tertiary/aromatic N) is 1. The molecule has 2 rings (SSSR count). The fourth-order valence-electron chi connectivity index (χ4n) is 1.32. The number of hydrogen-bond acceptors (Lipinski definition) is 3. The molecule has 0 bridgehead atoms. The molecule has 1 heterocycles. The van der Waals surface area contributed by atoms with Crippen molar-refractivity contribution >= 4 is 0 Å². The molecule has 0 N–H and O–H groups in total. The van der Waals surface area contributed by atoms with Crippen molar-refractivity contribution in [3.8, 4) is 11.6 Å². The molecule has 0 unspecified atom stereocenters. The van der Waals surface area contributed by atoms with E-state index in [1.807, 2.05) is 32.9 Å². The summed E-state index contributed by atoms with van der Waals surface area (Å²) in [5.74, 6) is 1.55. The normalized spacial score (nSPS) is 15.5. The summed E-state index contributed by atoms with van der Waals surface area (Å²) in [5.41, 5.74) is 0.903. The Balaban J connectivity index is 2.07. The van der Waals surface area contributed by atoms with Crippen molar-refractivity contribution in [2.24, 2.45) is 0 Å². The minimum Gasteiger partial charge on any atom is -0.489 e. The highest BCUT2D eigenvalue weighted by molar-refractivity contribution is 5.31. The van der Waals surface area contributed by atoms with Crippen LogP contribution in [-0.4, -0.2) is 17.2 Å². The highest BCUT2D eigenvalue weighted by Gasteiger charge is 2.24. The summed E-state index contributed by atoms with van der Waals surface area (Å²) in [6.45, 7) is 5.93. The summed E-state index contributed by atoms with van der Waals surface area (Å²) in [4.78, 5) is 4.35. The third kappa shape index (κ3) is 2.85. The smallest absolute Gasteiger partial charge is 0.213 e. The van der Waals surface area contributed by atoms with E-state index in [1.165, 1.54) is 12.8 Å². The molecular formula is C12H17NO2. The van der Waals surface area contributed by atoms with Crippen molar-refractivity contribution in [2.45, 2.75) is 45.8 Å². The maximum Gasteiger partial charge on any atom is 0.213 e. The highest BCUT2D eigenvalue weighted by Crippen LogP contribution is 2.29. The van der Waals surface area contributed by atoms with E-state index in [-0.39, 0.29) is 6.10 Å². The molecule has 1 aliphatic rings. The zero-order valence-electron chi connectivity index (χ0n) is 9.49. The van der Waals surface area contributed by atoms with E-state index in [2.05, 4.69) is 4.98 Å². The van der Waals surface area contributed by atoms with Gasteiger partial charge in [0.15, 0.2) is 0 Å². The first-order chi connectivity index (χ1) is 7.15. The molecule has 1 aromatic heterocycles. The first-order valence-electron chi connectivity index (χ1n) is 5.46. The van der Waals surface area contributed by atoms with Gasteiger partial charge in [-0.25, -0.2) is 4.98 Å². The lowest BCUT2D eigenvalue weighted by Gasteiger charge is -2.11. The quantitative estimate of drug-likeness (QED) is 0.760. The Labute approximate surface area is 90.4 Å². The van der Waals surface area contributed by atoms with Crippen LogP contribution in [0.4, 0.5) is 0 Å². The first-order valence-corrected chi connectivity index (χ1v) is 5.46. The molecule has 0 saturated heterocycles. The Morgan fingerprint density at radius 3 is 2.60 bits per heavy atom. The average molecular weight is 207 g/mol. The summed E-state index contributed by atoms with van der Waals surface area (Å²) >= 11 is 0. The van der Waals surface area contributed by atoms with Crippen LogP contribution in [-0.2, 0) is 0 Å². The predicted molar refractivity (Wildman–Crippen MR) is 58.4 cm³/mol. The van der Waals surface area contributed by atoms with Gasteiger partial charge in [0, 0.05) is 6.07 Å². The number of hydrogen-bond donors (Lipinski definition) is 0. The van der Waals surface area contributed by atoms with Crippen molar-refractivity contribution in [2.75, 3.05) is 0 Å². The fraction of sp³-hybridized carbons (Fsp3) is 0.583. The van der Waals surface area contributed by atoms with Gasteiger partial charge in [-0.05, 0) is 39.7 Å². The number of ether oxygens (including phenoxy) is 2. The van der Waals surface area contributed by atoms with E-state index in [4.69, 9.17) is 9.47 Å². The Kier molecular flexibility index (Phi) is 2.80. The van der Waals surface area contributed by atoms with Gasteiger partial charge in [0.25, 0.3) is 0 Å². The second-order valence-corrected chi connectivity index (χ2v) is 4.22. The number of aromatic nitrogens is 1. The van der Waals surface area contributed by atoms with Crippen LogP contribution in [0.5, 0.6) is 11.6 Å². The van der Waals surface area contributed by atoms with Crippen LogP contribution in [0.2, 0.25) is 0 Å². The molecule has 3 heteroatoms. The average Bonchev–Trinajstić information content (AvgIpc) is 2.92. The molecule has 0 aromatic carbocycles. The van der Waals surface area contributed by atoms with Gasteiger partial charge in [-0.1, -0.05) is 0 Å². The van der Waals surface area contributed by atoms with Crippen LogP contribution in [0, 0.1) is 6.92 Å². The molecule has 82 valence electrons. The summed E-state index contributed by atoms with van der Waals surface area (Å²) in [7, 11) is 0. The topological polar surface area (TPSA) is 31.4 Å². The largest absolute Gasteiger partial charge is 0.489 e. The SMILES string of the molecule is Cc1nc(OC(C)C)ccc1OC1CC1. The Hall–Kier alpha value is -1.25. The lowest BCUT2D eigenvalue weighted by atomic mass is 10.3. The first kappa shape index (κ1) is 10.3. The van der Waals surface area contributed by atoms with E-state index < -0.39 is 0 Å². The van der Waals surface area contributed by atoms with E-state index >= 15 is 0 Å². The third-order valence-corrected chi connectivity index (χ3v) is 2.19. The van der Waals surface area contributed by atoms with Crippen molar-refractivity contribution < 1.29 is 9.47 Å². The van der Waals surface area contributed by atoms with Gasteiger partial charge in [0.1, 0.15) is 5.75 Å².